The van der Waals surface area contributed by atoms with E-state index in [2.05, 4.69) is 0 Å². The van der Waals surface area contributed by atoms with Crippen LogP contribution in [0.5, 0.6) is 5.75 Å². The lowest BCUT2D eigenvalue weighted by molar-refractivity contribution is -0.162. The van der Waals surface area contributed by atoms with Crippen molar-refractivity contribution in [2.45, 2.75) is 12.3 Å². The Labute approximate surface area is 139 Å². The van der Waals surface area contributed by atoms with E-state index in [-0.39, 0.29) is 13.0 Å². The molecule has 2 unspecified atom stereocenters. The first-order chi connectivity index (χ1) is 11.5. The fourth-order valence-corrected chi connectivity index (χ4v) is 3.02. The van der Waals surface area contributed by atoms with Gasteiger partial charge in [0.15, 0.2) is 5.92 Å². The minimum absolute atomic E-state index is 0.0139. The Bertz CT molecular complexity index is 609. The molecule has 0 amide bonds. The molecule has 7 nitrogen and oxygen atoms in total. The molecule has 1 heterocycles. The van der Waals surface area contributed by atoms with Crippen molar-refractivity contribution >= 4 is 17.9 Å². The molecule has 0 bridgehead atoms. The van der Waals surface area contributed by atoms with Crippen molar-refractivity contribution in [2.75, 3.05) is 27.9 Å². The molecule has 0 radical (unpaired) electrons. The van der Waals surface area contributed by atoms with Gasteiger partial charge >= 0.3 is 17.9 Å². The van der Waals surface area contributed by atoms with Gasteiger partial charge in [-0.3, -0.25) is 14.4 Å². The lowest BCUT2D eigenvalue weighted by Crippen LogP contribution is -2.40. The molecule has 130 valence electrons. The highest BCUT2D eigenvalue weighted by Crippen LogP contribution is 2.43. The van der Waals surface area contributed by atoms with Crippen LogP contribution in [0.1, 0.15) is 17.9 Å². The molecular formula is C17H20O7. The second kappa shape index (κ2) is 7.81. The third kappa shape index (κ3) is 3.50. The molecule has 0 saturated heterocycles. The van der Waals surface area contributed by atoms with E-state index in [1.807, 2.05) is 0 Å². The minimum Gasteiger partial charge on any atom is -0.493 e. The van der Waals surface area contributed by atoms with Crippen molar-refractivity contribution in [1.82, 2.24) is 0 Å². The van der Waals surface area contributed by atoms with Crippen molar-refractivity contribution in [1.29, 1.82) is 0 Å². The normalized spacial score (nSPS) is 19.0. The van der Waals surface area contributed by atoms with Gasteiger partial charge < -0.3 is 18.9 Å². The van der Waals surface area contributed by atoms with Crippen molar-refractivity contribution in [2.24, 2.45) is 11.8 Å². The summed E-state index contributed by atoms with van der Waals surface area (Å²) in [5.41, 5.74) is 0.665. The first kappa shape index (κ1) is 17.8. The number of hydrogen-bond acceptors (Lipinski definition) is 7. The SMILES string of the molecule is COC(=O)CC1COc2ccccc2C1C(C(=O)OC)C(=O)OC. The standard InChI is InChI=1S/C17H20O7/c1-21-13(18)8-10-9-24-12-7-5-4-6-11(12)14(10)15(16(19)22-2)17(20)23-3/h4-7,10,14-15H,8-9H2,1-3H3. The van der Waals surface area contributed by atoms with E-state index in [1.165, 1.54) is 21.3 Å². The Morgan fingerprint density at radius 1 is 1.08 bits per heavy atom. The Morgan fingerprint density at radius 2 is 1.71 bits per heavy atom. The average molecular weight is 336 g/mol. The van der Waals surface area contributed by atoms with Crippen molar-refractivity contribution in [3.05, 3.63) is 29.8 Å². The first-order valence-corrected chi connectivity index (χ1v) is 7.47. The molecule has 24 heavy (non-hydrogen) atoms. The maximum Gasteiger partial charge on any atom is 0.320 e. The summed E-state index contributed by atoms with van der Waals surface area (Å²) < 4.78 is 20.0. The van der Waals surface area contributed by atoms with Crippen LogP contribution in [0.15, 0.2) is 24.3 Å². The van der Waals surface area contributed by atoms with Crippen LogP contribution in [0.2, 0.25) is 0 Å². The Kier molecular flexibility index (Phi) is 5.78. The topological polar surface area (TPSA) is 88.1 Å². The van der Waals surface area contributed by atoms with Crippen LogP contribution in [0, 0.1) is 11.8 Å². The largest absolute Gasteiger partial charge is 0.493 e. The van der Waals surface area contributed by atoms with Crippen LogP contribution in [0.4, 0.5) is 0 Å². The van der Waals surface area contributed by atoms with Crippen LogP contribution >= 0.6 is 0 Å². The molecule has 0 aromatic heterocycles. The molecule has 0 fully saturated rings. The van der Waals surface area contributed by atoms with E-state index < -0.39 is 35.7 Å². The Balaban J connectivity index is 2.49. The summed E-state index contributed by atoms with van der Waals surface area (Å²) >= 11 is 0. The maximum atomic E-state index is 12.2. The maximum absolute atomic E-state index is 12.2. The number of methoxy groups -OCH3 is 3. The van der Waals surface area contributed by atoms with Gasteiger partial charge in [0, 0.05) is 11.8 Å². The van der Waals surface area contributed by atoms with Gasteiger partial charge in [0.2, 0.25) is 0 Å². The molecule has 1 aromatic rings. The highest BCUT2D eigenvalue weighted by Gasteiger charge is 2.46. The van der Waals surface area contributed by atoms with Gasteiger partial charge in [-0.15, -0.1) is 0 Å². The predicted molar refractivity (Wildman–Crippen MR) is 82.3 cm³/mol. The smallest absolute Gasteiger partial charge is 0.320 e. The van der Waals surface area contributed by atoms with Crippen LogP contribution in [0.3, 0.4) is 0 Å². The number of fused-ring (bicyclic) bond motifs is 1. The van der Waals surface area contributed by atoms with Gasteiger partial charge in [0.25, 0.3) is 0 Å². The first-order valence-electron chi connectivity index (χ1n) is 7.47. The number of carbonyl (C=O) groups is 3. The molecule has 0 N–H and O–H groups in total. The fraction of sp³-hybridized carbons (Fsp3) is 0.471. The summed E-state index contributed by atoms with van der Waals surface area (Å²) in [5.74, 6) is -3.50. The summed E-state index contributed by atoms with van der Waals surface area (Å²) in [4.78, 5) is 36.2. The number of rotatable bonds is 5. The van der Waals surface area contributed by atoms with Crippen molar-refractivity contribution in [3.8, 4) is 5.75 Å². The fourth-order valence-electron chi connectivity index (χ4n) is 3.02. The number of carbonyl (C=O) groups excluding carboxylic acids is 3. The van der Waals surface area contributed by atoms with E-state index >= 15 is 0 Å². The van der Waals surface area contributed by atoms with Crippen molar-refractivity contribution in [3.63, 3.8) is 0 Å². The van der Waals surface area contributed by atoms with E-state index in [0.29, 0.717) is 11.3 Å². The number of hydrogen-bond donors (Lipinski definition) is 0. The second-order valence-corrected chi connectivity index (χ2v) is 5.44. The highest BCUT2D eigenvalue weighted by atomic mass is 16.5. The van der Waals surface area contributed by atoms with Crippen LogP contribution in [0.25, 0.3) is 0 Å². The second-order valence-electron chi connectivity index (χ2n) is 5.44. The zero-order chi connectivity index (χ0) is 17.7. The van der Waals surface area contributed by atoms with Gasteiger partial charge in [-0.1, -0.05) is 18.2 Å². The molecule has 1 aromatic carbocycles. The lowest BCUT2D eigenvalue weighted by Gasteiger charge is -2.35. The average Bonchev–Trinajstić information content (AvgIpc) is 2.62. The van der Waals surface area contributed by atoms with E-state index in [4.69, 9.17) is 18.9 Å². The molecule has 0 aliphatic carbocycles. The highest BCUT2D eigenvalue weighted by molar-refractivity contribution is 5.96. The van der Waals surface area contributed by atoms with Gasteiger partial charge in [0.05, 0.1) is 34.4 Å². The van der Waals surface area contributed by atoms with Crippen molar-refractivity contribution < 1.29 is 33.3 Å². The molecule has 1 aliphatic rings. The zero-order valence-electron chi connectivity index (χ0n) is 13.8. The lowest BCUT2D eigenvalue weighted by atomic mass is 9.74. The molecule has 2 rings (SSSR count). The van der Waals surface area contributed by atoms with Gasteiger partial charge in [-0.05, 0) is 11.6 Å². The van der Waals surface area contributed by atoms with Crippen LogP contribution < -0.4 is 4.74 Å². The Hall–Kier alpha value is -2.57. The van der Waals surface area contributed by atoms with E-state index in [1.54, 1.807) is 24.3 Å². The van der Waals surface area contributed by atoms with Crippen LogP contribution in [-0.2, 0) is 28.6 Å². The molecule has 0 spiro atoms. The Morgan fingerprint density at radius 3 is 2.29 bits per heavy atom. The monoisotopic (exact) mass is 336 g/mol. The summed E-state index contributed by atoms with van der Waals surface area (Å²) in [6, 6.07) is 7.09. The summed E-state index contributed by atoms with van der Waals surface area (Å²) in [7, 11) is 3.70. The van der Waals surface area contributed by atoms with Gasteiger partial charge in [0.1, 0.15) is 5.75 Å². The number of benzene rings is 1. The van der Waals surface area contributed by atoms with E-state index in [0.717, 1.165) is 0 Å². The summed E-state index contributed by atoms with van der Waals surface area (Å²) in [5, 5.41) is 0. The molecule has 7 heteroatoms. The molecule has 2 atom stereocenters. The number of ether oxygens (including phenoxy) is 4. The quantitative estimate of drug-likeness (QED) is 0.455. The third-order valence-corrected chi connectivity index (χ3v) is 4.16. The third-order valence-electron chi connectivity index (χ3n) is 4.16. The predicted octanol–water partition coefficient (Wildman–Crippen LogP) is 1.30. The van der Waals surface area contributed by atoms with Gasteiger partial charge in [-0.2, -0.15) is 0 Å². The minimum atomic E-state index is -1.18. The van der Waals surface area contributed by atoms with Crippen LogP contribution in [-0.4, -0.2) is 45.8 Å². The number of esters is 3. The zero-order valence-corrected chi connectivity index (χ0v) is 13.8. The molecule has 1 aliphatic heterocycles. The van der Waals surface area contributed by atoms with Gasteiger partial charge in [-0.25, -0.2) is 0 Å². The molecule has 0 saturated carbocycles. The van der Waals surface area contributed by atoms with E-state index in [9.17, 15) is 14.4 Å². The number of para-hydroxylation sites is 1. The summed E-state index contributed by atoms with van der Waals surface area (Å²) in [6.45, 7) is 0.182. The summed E-state index contributed by atoms with van der Waals surface area (Å²) in [6.07, 6.45) is 0.0139. The molecular weight excluding hydrogens is 316 g/mol.